The molecule has 0 aliphatic rings. The number of nitrogens with one attached hydrogen (secondary N) is 1. The van der Waals surface area contributed by atoms with Crippen LogP contribution in [0.4, 0.5) is 11.4 Å². The van der Waals surface area contributed by atoms with Crippen molar-refractivity contribution < 1.29 is 0 Å². The Morgan fingerprint density at radius 2 is 1.75 bits per heavy atom. The Labute approximate surface area is 147 Å². The summed E-state index contributed by atoms with van der Waals surface area (Å²) in [5.74, 6) is 0. The molecular weight excluding hydrogens is 346 g/mol. The lowest BCUT2D eigenvalue weighted by atomic mass is 10.1. The summed E-state index contributed by atoms with van der Waals surface area (Å²) >= 11 is 10.9. The third kappa shape index (κ3) is 3.12. The number of benzene rings is 2. The predicted octanol–water partition coefficient (Wildman–Crippen LogP) is 4.00. The van der Waals surface area contributed by atoms with Crippen LogP contribution in [0.25, 0.3) is 11.3 Å². The van der Waals surface area contributed by atoms with Gasteiger partial charge >= 0.3 is 5.56 Å². The molecule has 1 heterocycles. The SMILES string of the molecule is NC(=S)n1[nH]c(-c2ccccc2)c(N=Nc2ccccc2Cl)c1=O. The van der Waals surface area contributed by atoms with Gasteiger partial charge in [-0.25, -0.2) is 0 Å². The Bertz CT molecular complexity index is 978. The molecule has 0 amide bonds. The summed E-state index contributed by atoms with van der Waals surface area (Å²) in [4.78, 5) is 12.5. The summed E-state index contributed by atoms with van der Waals surface area (Å²) in [6.07, 6.45) is 0. The molecule has 3 rings (SSSR count). The lowest BCUT2D eigenvalue weighted by Crippen LogP contribution is -2.29. The minimum absolute atomic E-state index is 0.101. The molecule has 0 unspecified atom stereocenters. The molecule has 2 aromatic carbocycles. The maximum Gasteiger partial charge on any atom is 0.301 e. The molecule has 8 heteroatoms. The monoisotopic (exact) mass is 357 g/mol. The van der Waals surface area contributed by atoms with Gasteiger partial charge in [-0.2, -0.15) is 4.68 Å². The third-order valence-electron chi connectivity index (χ3n) is 3.26. The third-order valence-corrected chi connectivity index (χ3v) is 3.76. The van der Waals surface area contributed by atoms with E-state index in [1.54, 1.807) is 24.3 Å². The Morgan fingerprint density at radius 3 is 2.42 bits per heavy atom. The van der Waals surface area contributed by atoms with Crippen LogP contribution in [0.15, 0.2) is 69.6 Å². The second-order valence-electron chi connectivity index (χ2n) is 4.83. The molecule has 3 aromatic rings. The number of rotatable bonds is 3. The van der Waals surface area contributed by atoms with E-state index in [0.29, 0.717) is 16.4 Å². The molecule has 0 spiro atoms. The van der Waals surface area contributed by atoms with Crippen molar-refractivity contribution >= 4 is 40.3 Å². The van der Waals surface area contributed by atoms with Gasteiger partial charge in [-0.05, 0) is 24.4 Å². The van der Waals surface area contributed by atoms with Crippen LogP contribution in [0.5, 0.6) is 0 Å². The van der Waals surface area contributed by atoms with Gasteiger partial charge in [-0.15, -0.1) is 10.2 Å². The molecule has 120 valence electrons. The predicted molar refractivity (Wildman–Crippen MR) is 98.3 cm³/mol. The summed E-state index contributed by atoms with van der Waals surface area (Å²) in [7, 11) is 0. The molecule has 0 radical (unpaired) electrons. The van der Waals surface area contributed by atoms with Crippen molar-refractivity contribution in [3.63, 3.8) is 0 Å². The molecule has 0 aliphatic heterocycles. The molecule has 6 nitrogen and oxygen atoms in total. The van der Waals surface area contributed by atoms with Gasteiger partial charge in [0.15, 0.2) is 10.8 Å². The number of nitrogens with zero attached hydrogens (tertiary/aromatic N) is 3. The Hall–Kier alpha value is -2.77. The fourth-order valence-electron chi connectivity index (χ4n) is 2.12. The van der Waals surface area contributed by atoms with Gasteiger partial charge in [-0.1, -0.05) is 54.1 Å². The molecule has 0 aliphatic carbocycles. The molecule has 24 heavy (non-hydrogen) atoms. The quantitative estimate of drug-likeness (QED) is 0.548. The van der Waals surface area contributed by atoms with E-state index in [0.717, 1.165) is 10.2 Å². The van der Waals surface area contributed by atoms with E-state index in [1.807, 2.05) is 30.3 Å². The van der Waals surface area contributed by atoms with Crippen molar-refractivity contribution in [1.82, 2.24) is 9.78 Å². The van der Waals surface area contributed by atoms with Crippen molar-refractivity contribution in [2.45, 2.75) is 0 Å². The number of thiocarbonyl (C=S) groups is 1. The van der Waals surface area contributed by atoms with Gasteiger partial charge in [0.2, 0.25) is 0 Å². The number of aromatic amines is 1. The average molecular weight is 358 g/mol. The molecule has 0 atom stereocenters. The summed E-state index contributed by atoms with van der Waals surface area (Å²) < 4.78 is 1.05. The number of aromatic nitrogens is 2. The fraction of sp³-hybridized carbons (Fsp3) is 0. The molecule has 1 aromatic heterocycles. The topological polar surface area (TPSA) is 88.5 Å². The van der Waals surface area contributed by atoms with Gasteiger partial charge in [0.05, 0.1) is 10.7 Å². The molecule has 3 N–H and O–H groups in total. The zero-order valence-corrected chi connectivity index (χ0v) is 13.9. The molecule has 0 fully saturated rings. The van der Waals surface area contributed by atoms with Crippen LogP contribution in [0.1, 0.15) is 0 Å². The highest BCUT2D eigenvalue weighted by atomic mass is 35.5. The summed E-state index contributed by atoms with van der Waals surface area (Å²) in [5, 5.41) is 11.4. The maximum absolute atomic E-state index is 12.5. The van der Waals surface area contributed by atoms with Gasteiger partial charge < -0.3 is 5.73 Å². The van der Waals surface area contributed by atoms with Crippen molar-refractivity contribution in [2.24, 2.45) is 16.0 Å². The van der Waals surface area contributed by atoms with Crippen LogP contribution in [0, 0.1) is 0 Å². The van der Waals surface area contributed by atoms with Crippen molar-refractivity contribution in [1.29, 1.82) is 0 Å². The highest BCUT2D eigenvalue weighted by Gasteiger charge is 2.17. The van der Waals surface area contributed by atoms with E-state index in [1.165, 1.54) is 0 Å². The standard InChI is InChI=1S/C16H12ClN5OS/c17-11-8-4-5-9-12(11)19-20-14-13(10-6-2-1-3-7-10)21-22(15(14)23)16(18)24/h1-9,21H,(H2,18,24). The summed E-state index contributed by atoms with van der Waals surface area (Å²) in [5.41, 5.74) is 6.90. The maximum atomic E-state index is 12.5. The minimum Gasteiger partial charge on any atom is -0.374 e. The molecular formula is C16H12ClN5OS. The van der Waals surface area contributed by atoms with Crippen molar-refractivity contribution in [3.05, 3.63) is 70.0 Å². The highest BCUT2D eigenvalue weighted by Crippen LogP contribution is 2.29. The number of H-pyrrole nitrogens is 1. The van der Waals surface area contributed by atoms with E-state index in [4.69, 9.17) is 29.6 Å². The minimum atomic E-state index is -0.475. The summed E-state index contributed by atoms with van der Waals surface area (Å²) in [6, 6.07) is 16.2. The first kappa shape index (κ1) is 16.1. The van der Waals surface area contributed by atoms with Crippen LogP contribution in [0.2, 0.25) is 5.02 Å². The number of nitrogens with two attached hydrogens (primary N) is 1. The van der Waals surface area contributed by atoms with Crippen LogP contribution in [0.3, 0.4) is 0 Å². The molecule has 0 saturated carbocycles. The first-order chi connectivity index (χ1) is 11.6. The van der Waals surface area contributed by atoms with Crippen LogP contribution in [-0.2, 0) is 0 Å². The normalized spacial score (nSPS) is 11.0. The molecule has 0 bridgehead atoms. The van der Waals surface area contributed by atoms with Crippen molar-refractivity contribution in [3.8, 4) is 11.3 Å². The second kappa shape index (κ2) is 6.77. The van der Waals surface area contributed by atoms with Gasteiger partial charge in [0.25, 0.3) is 0 Å². The first-order valence-corrected chi connectivity index (χ1v) is 7.73. The summed E-state index contributed by atoms with van der Waals surface area (Å²) in [6.45, 7) is 0. The molecule has 0 saturated heterocycles. The smallest absolute Gasteiger partial charge is 0.301 e. The van der Waals surface area contributed by atoms with Gasteiger partial charge in [0.1, 0.15) is 5.69 Å². The number of hydrogen-bond acceptors (Lipinski definition) is 4. The Kier molecular flexibility index (Phi) is 4.54. The van der Waals surface area contributed by atoms with E-state index < -0.39 is 5.56 Å². The average Bonchev–Trinajstić information content (AvgIpc) is 2.92. The number of azo groups is 1. The largest absolute Gasteiger partial charge is 0.374 e. The zero-order chi connectivity index (χ0) is 17.1. The Balaban J connectivity index is 2.14. The first-order valence-electron chi connectivity index (χ1n) is 6.94. The van der Waals surface area contributed by atoms with E-state index in [2.05, 4.69) is 15.3 Å². The van der Waals surface area contributed by atoms with Gasteiger partial charge in [-0.3, -0.25) is 9.89 Å². The van der Waals surface area contributed by atoms with Crippen LogP contribution in [-0.4, -0.2) is 14.9 Å². The van der Waals surface area contributed by atoms with Crippen molar-refractivity contribution in [2.75, 3.05) is 0 Å². The number of hydrogen-bond donors (Lipinski definition) is 2. The van der Waals surface area contributed by atoms with Crippen LogP contribution < -0.4 is 11.3 Å². The van der Waals surface area contributed by atoms with E-state index in [9.17, 15) is 4.79 Å². The number of halogens is 1. The lowest BCUT2D eigenvalue weighted by Gasteiger charge is -1.99. The Morgan fingerprint density at radius 1 is 1.08 bits per heavy atom. The fourth-order valence-corrected chi connectivity index (χ4v) is 2.42. The van der Waals surface area contributed by atoms with E-state index >= 15 is 0 Å². The highest BCUT2D eigenvalue weighted by molar-refractivity contribution is 7.80. The van der Waals surface area contributed by atoms with Gasteiger partial charge in [0, 0.05) is 5.56 Å². The lowest BCUT2D eigenvalue weighted by molar-refractivity contribution is 0.910. The van der Waals surface area contributed by atoms with Crippen LogP contribution >= 0.6 is 23.8 Å². The second-order valence-corrected chi connectivity index (χ2v) is 5.66. The van der Waals surface area contributed by atoms with E-state index in [-0.39, 0.29) is 10.8 Å². The zero-order valence-electron chi connectivity index (χ0n) is 12.3.